The first-order valence-electron chi connectivity index (χ1n) is 8.42. The third-order valence-corrected chi connectivity index (χ3v) is 6.70. The van der Waals surface area contributed by atoms with Crippen molar-refractivity contribution >= 4 is 27.4 Å². The molecule has 0 heterocycles. The molecule has 3 aromatic rings. The second kappa shape index (κ2) is 8.42. The average molecular weight is 436 g/mol. The van der Waals surface area contributed by atoms with E-state index in [2.05, 4.69) is 0 Å². The highest BCUT2D eigenvalue weighted by Crippen LogP contribution is 2.34. The van der Waals surface area contributed by atoms with Gasteiger partial charge in [-0.3, -0.25) is 4.79 Å². The monoisotopic (exact) mass is 436 g/mol. The highest BCUT2D eigenvalue weighted by molar-refractivity contribution is 7.99. The molecular weight excluding hydrogens is 421 g/mol. The lowest BCUT2D eigenvalue weighted by molar-refractivity contribution is -0.0329. The van der Waals surface area contributed by atoms with Gasteiger partial charge in [-0.2, -0.15) is 13.2 Å². The fourth-order valence-electron chi connectivity index (χ4n) is 2.70. The Balaban J connectivity index is 1.87. The summed E-state index contributed by atoms with van der Waals surface area (Å²) in [5.74, 6) is -0.849. The van der Waals surface area contributed by atoms with Crippen LogP contribution in [0.4, 0.5) is 13.2 Å². The van der Waals surface area contributed by atoms with Crippen LogP contribution in [0.15, 0.2) is 88.7 Å². The van der Waals surface area contributed by atoms with E-state index in [9.17, 15) is 26.4 Å². The first kappa shape index (κ1) is 21.1. The van der Waals surface area contributed by atoms with Crippen molar-refractivity contribution in [1.82, 2.24) is 0 Å². The van der Waals surface area contributed by atoms with Crippen LogP contribution >= 0.6 is 11.8 Å². The molecule has 0 saturated carbocycles. The fraction of sp³-hybridized carbons (Fsp3) is 0.0952. The van der Waals surface area contributed by atoms with Gasteiger partial charge in [0.1, 0.15) is 0 Å². The summed E-state index contributed by atoms with van der Waals surface area (Å²) in [7, 11) is -3.72. The van der Waals surface area contributed by atoms with Gasteiger partial charge in [-0.05, 0) is 53.7 Å². The number of benzene rings is 3. The molecule has 0 radical (unpaired) electrons. The van der Waals surface area contributed by atoms with Crippen LogP contribution in [-0.2, 0) is 15.6 Å². The largest absolute Gasteiger partial charge is 0.442 e. The van der Waals surface area contributed by atoms with Crippen molar-refractivity contribution in [2.24, 2.45) is 0 Å². The number of hydrogen-bond acceptors (Lipinski definition) is 4. The standard InChI is InChI=1S/C21H15F3O3S2/c22-21(23,24)28-14-16-6-4-5-9-19(16)20(25)15-10-12-18(13-11-15)29(26,27)17-7-2-1-3-8-17/h1-13H,14H2. The van der Waals surface area contributed by atoms with Crippen LogP contribution in [0.25, 0.3) is 0 Å². The number of halogens is 3. The Morgan fingerprint density at radius 1 is 0.793 bits per heavy atom. The smallest absolute Gasteiger partial charge is 0.289 e. The van der Waals surface area contributed by atoms with Crippen molar-refractivity contribution < 1.29 is 26.4 Å². The second-order valence-electron chi connectivity index (χ2n) is 6.06. The number of thioether (sulfide) groups is 1. The van der Waals surface area contributed by atoms with Crippen LogP contribution in [0, 0.1) is 0 Å². The van der Waals surface area contributed by atoms with Gasteiger partial charge in [-0.25, -0.2) is 8.42 Å². The maximum absolute atomic E-state index is 12.8. The van der Waals surface area contributed by atoms with Crippen LogP contribution in [-0.4, -0.2) is 19.7 Å². The van der Waals surface area contributed by atoms with Gasteiger partial charge in [0.15, 0.2) is 5.78 Å². The lowest BCUT2D eigenvalue weighted by Crippen LogP contribution is -2.08. The van der Waals surface area contributed by atoms with Crippen LogP contribution in [0.5, 0.6) is 0 Å². The average Bonchev–Trinajstić information content (AvgIpc) is 2.72. The molecule has 3 nitrogen and oxygen atoms in total. The molecule has 0 unspecified atom stereocenters. The second-order valence-corrected chi connectivity index (χ2v) is 9.05. The van der Waals surface area contributed by atoms with E-state index in [0.717, 1.165) is 0 Å². The minimum Gasteiger partial charge on any atom is -0.289 e. The van der Waals surface area contributed by atoms with E-state index in [1.807, 2.05) is 0 Å². The first-order chi connectivity index (χ1) is 13.7. The van der Waals surface area contributed by atoms with Gasteiger partial charge in [0.25, 0.3) is 0 Å². The molecule has 0 spiro atoms. The summed E-state index contributed by atoms with van der Waals surface area (Å²) in [6.45, 7) is 0. The molecular formula is C21H15F3O3S2. The van der Waals surface area contributed by atoms with Crippen LogP contribution in [0.3, 0.4) is 0 Å². The summed E-state index contributed by atoms with van der Waals surface area (Å²) in [5.41, 5.74) is -3.78. The molecule has 3 rings (SSSR count). The molecule has 0 aliphatic rings. The molecule has 8 heteroatoms. The van der Waals surface area contributed by atoms with Gasteiger partial charge in [0.2, 0.25) is 9.84 Å². The van der Waals surface area contributed by atoms with E-state index < -0.39 is 21.1 Å². The predicted molar refractivity (Wildman–Crippen MR) is 106 cm³/mol. The zero-order valence-electron chi connectivity index (χ0n) is 14.9. The van der Waals surface area contributed by atoms with Crippen molar-refractivity contribution in [2.75, 3.05) is 0 Å². The summed E-state index contributed by atoms with van der Waals surface area (Å²) in [4.78, 5) is 12.9. The lowest BCUT2D eigenvalue weighted by atomic mass is 9.99. The van der Waals surface area contributed by atoms with Gasteiger partial charge in [-0.1, -0.05) is 42.5 Å². The third-order valence-electron chi connectivity index (χ3n) is 4.13. The summed E-state index contributed by atoms with van der Waals surface area (Å²) in [5, 5.41) is 0. The number of sulfone groups is 1. The summed E-state index contributed by atoms with van der Waals surface area (Å²) in [6.07, 6.45) is 0. The van der Waals surface area contributed by atoms with Crippen LogP contribution in [0.2, 0.25) is 0 Å². The Labute approximate surface area is 170 Å². The van der Waals surface area contributed by atoms with E-state index in [1.54, 1.807) is 30.3 Å². The van der Waals surface area contributed by atoms with Crippen molar-refractivity contribution in [1.29, 1.82) is 0 Å². The number of hydrogen-bond donors (Lipinski definition) is 0. The number of rotatable bonds is 6. The van der Waals surface area contributed by atoms with Gasteiger partial charge >= 0.3 is 5.51 Å². The van der Waals surface area contributed by atoms with Crippen LogP contribution < -0.4 is 0 Å². The fourth-order valence-corrected chi connectivity index (χ4v) is 4.56. The molecule has 0 N–H and O–H groups in total. The molecule has 0 aromatic heterocycles. The first-order valence-corrected chi connectivity index (χ1v) is 10.9. The van der Waals surface area contributed by atoms with Crippen molar-refractivity contribution in [2.45, 2.75) is 21.1 Å². The Bertz CT molecular complexity index is 1110. The quantitative estimate of drug-likeness (QED) is 0.479. The van der Waals surface area contributed by atoms with Gasteiger partial charge in [0, 0.05) is 16.9 Å². The molecule has 0 aliphatic carbocycles. The molecule has 150 valence electrons. The minimum absolute atomic E-state index is 0.0289. The molecule has 0 fully saturated rings. The van der Waals surface area contributed by atoms with E-state index >= 15 is 0 Å². The number of alkyl halides is 3. The highest BCUT2D eigenvalue weighted by atomic mass is 32.2. The molecule has 0 aliphatic heterocycles. The zero-order valence-corrected chi connectivity index (χ0v) is 16.5. The summed E-state index contributed by atoms with van der Waals surface area (Å²) < 4.78 is 62.8. The van der Waals surface area contributed by atoms with Gasteiger partial charge < -0.3 is 0 Å². The summed E-state index contributed by atoms with van der Waals surface area (Å²) in [6, 6.07) is 19.3. The Kier molecular flexibility index (Phi) is 6.14. The van der Waals surface area contributed by atoms with Crippen LogP contribution in [0.1, 0.15) is 21.5 Å². The number of carbonyl (C=O) groups excluding carboxylic acids is 1. The molecule has 29 heavy (non-hydrogen) atoms. The van der Waals surface area contributed by atoms with Gasteiger partial charge in [0.05, 0.1) is 9.79 Å². The molecule has 0 amide bonds. The number of carbonyl (C=O) groups is 1. The van der Waals surface area contributed by atoms with E-state index in [4.69, 9.17) is 0 Å². The number of ketones is 1. The van der Waals surface area contributed by atoms with Gasteiger partial charge in [-0.15, -0.1) is 0 Å². The highest BCUT2D eigenvalue weighted by Gasteiger charge is 2.29. The Morgan fingerprint density at radius 3 is 1.97 bits per heavy atom. The molecule has 0 bridgehead atoms. The summed E-state index contributed by atoms with van der Waals surface area (Å²) >= 11 is -0.215. The third kappa shape index (κ3) is 5.07. The molecule has 3 aromatic carbocycles. The molecule has 0 atom stereocenters. The van der Waals surface area contributed by atoms with E-state index in [0.29, 0.717) is 0 Å². The topological polar surface area (TPSA) is 51.2 Å². The maximum atomic E-state index is 12.8. The normalized spacial score (nSPS) is 12.0. The SMILES string of the molecule is O=C(c1ccc(S(=O)(=O)c2ccccc2)cc1)c1ccccc1CSC(F)(F)F. The van der Waals surface area contributed by atoms with E-state index in [-0.39, 0.29) is 44.0 Å². The minimum atomic E-state index is -4.40. The zero-order chi connectivity index (χ0) is 21.1. The Hall–Kier alpha value is -2.58. The van der Waals surface area contributed by atoms with Crippen molar-refractivity contribution in [3.05, 3.63) is 95.6 Å². The van der Waals surface area contributed by atoms with Crippen molar-refractivity contribution in [3.63, 3.8) is 0 Å². The van der Waals surface area contributed by atoms with E-state index in [1.165, 1.54) is 48.5 Å². The Morgan fingerprint density at radius 2 is 1.34 bits per heavy atom. The maximum Gasteiger partial charge on any atom is 0.442 e. The lowest BCUT2D eigenvalue weighted by Gasteiger charge is -2.11. The molecule has 0 saturated heterocycles. The predicted octanol–water partition coefficient (Wildman–Crippen LogP) is 5.50. The van der Waals surface area contributed by atoms with Crippen molar-refractivity contribution in [3.8, 4) is 0 Å².